The van der Waals surface area contributed by atoms with Gasteiger partial charge >= 0.3 is 5.97 Å². The van der Waals surface area contributed by atoms with Gasteiger partial charge in [0.2, 0.25) is 0 Å². The molecule has 0 unspecified atom stereocenters. The smallest absolute Gasteiger partial charge is 0.292 e. The van der Waals surface area contributed by atoms with E-state index in [-0.39, 0.29) is 0 Å². The van der Waals surface area contributed by atoms with Crippen molar-refractivity contribution in [2.24, 2.45) is 0 Å². The molecule has 0 saturated heterocycles. The van der Waals surface area contributed by atoms with Gasteiger partial charge in [0.25, 0.3) is 0 Å². The summed E-state index contributed by atoms with van der Waals surface area (Å²) in [4.78, 5) is 21.5. The molecule has 0 fully saturated rings. The molecular formula is C19H28O3. The normalized spacial score (nSPS) is 10.7. The van der Waals surface area contributed by atoms with Gasteiger partial charge in [-0.1, -0.05) is 69.1 Å². The Hall–Kier alpha value is -1.35. The minimum Gasteiger partial charge on any atom is -0.292 e. The van der Waals surface area contributed by atoms with Crippen molar-refractivity contribution < 1.29 is 14.6 Å². The van der Waals surface area contributed by atoms with E-state index in [0.717, 1.165) is 30.4 Å². The molecule has 22 heavy (non-hydrogen) atoms. The summed E-state index contributed by atoms with van der Waals surface area (Å²) >= 11 is 0. The van der Waals surface area contributed by atoms with Crippen molar-refractivity contribution in [1.82, 2.24) is 0 Å². The molecule has 3 nitrogen and oxygen atoms in total. The van der Waals surface area contributed by atoms with E-state index in [9.17, 15) is 4.79 Å². The van der Waals surface area contributed by atoms with Crippen LogP contribution in [0.5, 0.6) is 0 Å². The van der Waals surface area contributed by atoms with Crippen molar-refractivity contribution in [2.75, 3.05) is 0 Å². The largest absolute Gasteiger partial charge is 0.373 e. The molecule has 0 amide bonds. The second-order valence-corrected chi connectivity index (χ2v) is 5.77. The lowest BCUT2D eigenvalue weighted by Crippen LogP contribution is -2.05. The maximum atomic E-state index is 11.8. The van der Waals surface area contributed by atoms with Crippen LogP contribution in [0.15, 0.2) is 18.2 Å². The van der Waals surface area contributed by atoms with E-state index in [2.05, 4.69) is 6.92 Å². The fourth-order valence-corrected chi connectivity index (χ4v) is 2.38. The summed E-state index contributed by atoms with van der Waals surface area (Å²) in [7, 11) is 0. The lowest BCUT2D eigenvalue weighted by molar-refractivity contribution is -0.213. The molecule has 0 heterocycles. The van der Waals surface area contributed by atoms with Crippen molar-refractivity contribution in [3.63, 3.8) is 0 Å². The summed E-state index contributed by atoms with van der Waals surface area (Å²) in [6.45, 7) is 9.31. The van der Waals surface area contributed by atoms with Crippen LogP contribution in [0.25, 0.3) is 0 Å². The minimum absolute atomic E-state index is 0.448. The fraction of sp³-hybridized carbons (Fsp3) is 0.526. The third kappa shape index (κ3) is 8.18. The highest BCUT2D eigenvalue weighted by Gasteiger charge is 2.09. The third-order valence-corrected chi connectivity index (χ3v) is 3.47. The summed E-state index contributed by atoms with van der Waals surface area (Å²) in [5.41, 5.74) is 2.60. The van der Waals surface area contributed by atoms with Gasteiger partial charge in [-0.25, -0.2) is 4.79 Å². The summed E-state index contributed by atoms with van der Waals surface area (Å²) < 4.78 is 0. The highest BCUT2D eigenvalue weighted by atomic mass is 17.2. The monoisotopic (exact) mass is 304 g/mol. The summed E-state index contributed by atoms with van der Waals surface area (Å²) in [6.07, 6.45) is 9.10. The Kier molecular flexibility index (Phi) is 9.56. The van der Waals surface area contributed by atoms with Gasteiger partial charge in [-0.2, -0.15) is 4.89 Å². The fourth-order valence-electron chi connectivity index (χ4n) is 2.38. The van der Waals surface area contributed by atoms with Crippen molar-refractivity contribution >= 4 is 5.97 Å². The quantitative estimate of drug-likeness (QED) is 0.307. The van der Waals surface area contributed by atoms with Crippen LogP contribution in [0.4, 0.5) is 0 Å². The zero-order chi connectivity index (χ0) is 16.2. The first-order valence-corrected chi connectivity index (χ1v) is 8.20. The first kappa shape index (κ1) is 18.7. The first-order chi connectivity index (χ1) is 10.6. The number of unbranched alkanes of at least 4 members (excludes halogenated alkanes) is 7. The molecule has 0 aromatic heterocycles. The topological polar surface area (TPSA) is 35.5 Å². The van der Waals surface area contributed by atoms with Crippen LogP contribution >= 0.6 is 0 Å². The maximum absolute atomic E-state index is 11.8. The molecule has 0 aliphatic rings. The molecule has 0 aliphatic heterocycles. The number of carbonyl (C=O) groups is 1. The molecule has 0 saturated carbocycles. The number of benzene rings is 1. The number of rotatable bonds is 11. The van der Waals surface area contributed by atoms with E-state index in [1.165, 1.54) is 32.1 Å². The number of aryl methyl sites for hydroxylation is 2. The van der Waals surface area contributed by atoms with E-state index in [1.807, 2.05) is 19.9 Å². The second-order valence-electron chi connectivity index (χ2n) is 5.77. The van der Waals surface area contributed by atoms with Gasteiger partial charge in [-0.05, 0) is 32.4 Å². The number of hydrogen-bond acceptors (Lipinski definition) is 3. The van der Waals surface area contributed by atoms with Gasteiger partial charge in [0, 0.05) is 0 Å². The van der Waals surface area contributed by atoms with E-state index in [0.29, 0.717) is 5.56 Å². The Morgan fingerprint density at radius 1 is 1.00 bits per heavy atom. The van der Waals surface area contributed by atoms with Crippen LogP contribution in [0, 0.1) is 27.4 Å². The number of hydrogen-bond donors (Lipinski definition) is 0. The molecule has 0 spiro atoms. The van der Waals surface area contributed by atoms with Crippen LogP contribution in [0.3, 0.4) is 0 Å². The van der Waals surface area contributed by atoms with Gasteiger partial charge in [-0.15, -0.1) is 0 Å². The zero-order valence-electron chi connectivity index (χ0n) is 13.9. The summed E-state index contributed by atoms with van der Waals surface area (Å²) in [5, 5.41) is 0. The SMILES string of the molecule is [CH2]CCCCCCCC[CH]OOC(=O)c1cc(C)cc(C)c1. The Bertz CT molecular complexity index is 420. The van der Waals surface area contributed by atoms with Crippen molar-refractivity contribution in [1.29, 1.82) is 0 Å². The summed E-state index contributed by atoms with van der Waals surface area (Å²) in [6, 6.07) is 5.61. The molecule has 0 atom stereocenters. The zero-order valence-corrected chi connectivity index (χ0v) is 13.9. The maximum Gasteiger partial charge on any atom is 0.373 e. The average molecular weight is 304 g/mol. The van der Waals surface area contributed by atoms with Crippen LogP contribution in [0.2, 0.25) is 0 Å². The lowest BCUT2D eigenvalue weighted by Gasteiger charge is -2.05. The Labute approximate surface area is 134 Å². The van der Waals surface area contributed by atoms with Gasteiger partial charge < -0.3 is 0 Å². The molecular weight excluding hydrogens is 276 g/mol. The highest BCUT2D eigenvalue weighted by Crippen LogP contribution is 2.12. The molecule has 1 aromatic rings. The predicted octanol–water partition coefficient (Wildman–Crippen LogP) is 5.51. The van der Waals surface area contributed by atoms with E-state index in [1.54, 1.807) is 18.7 Å². The molecule has 0 bridgehead atoms. The molecule has 1 aromatic carbocycles. The van der Waals surface area contributed by atoms with Crippen LogP contribution in [0.1, 0.15) is 72.9 Å². The van der Waals surface area contributed by atoms with E-state index >= 15 is 0 Å². The Morgan fingerprint density at radius 3 is 2.23 bits per heavy atom. The number of carbonyl (C=O) groups excluding carboxylic acids is 1. The molecule has 0 aliphatic carbocycles. The lowest BCUT2D eigenvalue weighted by atomic mass is 10.1. The van der Waals surface area contributed by atoms with Gasteiger partial charge in [0.05, 0.1) is 5.56 Å². The first-order valence-electron chi connectivity index (χ1n) is 8.20. The van der Waals surface area contributed by atoms with Crippen molar-refractivity contribution in [3.05, 3.63) is 48.4 Å². The van der Waals surface area contributed by atoms with Gasteiger partial charge in [0.1, 0.15) is 6.61 Å². The molecule has 0 N–H and O–H groups in total. The molecule has 2 radical (unpaired) electrons. The third-order valence-electron chi connectivity index (χ3n) is 3.47. The van der Waals surface area contributed by atoms with Crippen LogP contribution < -0.4 is 0 Å². The van der Waals surface area contributed by atoms with Gasteiger partial charge in [-0.3, -0.25) is 4.89 Å². The van der Waals surface area contributed by atoms with Gasteiger partial charge in [0.15, 0.2) is 0 Å². The summed E-state index contributed by atoms with van der Waals surface area (Å²) in [5.74, 6) is -0.448. The second kappa shape index (κ2) is 11.2. The Balaban J connectivity index is 2.06. The highest BCUT2D eigenvalue weighted by molar-refractivity contribution is 5.89. The Morgan fingerprint density at radius 2 is 1.59 bits per heavy atom. The van der Waals surface area contributed by atoms with Crippen LogP contribution in [-0.4, -0.2) is 5.97 Å². The van der Waals surface area contributed by atoms with Crippen molar-refractivity contribution in [3.8, 4) is 0 Å². The molecule has 1 rings (SSSR count). The van der Waals surface area contributed by atoms with E-state index < -0.39 is 5.97 Å². The van der Waals surface area contributed by atoms with Crippen LogP contribution in [-0.2, 0) is 9.78 Å². The molecule has 3 heteroatoms. The average Bonchev–Trinajstić information content (AvgIpc) is 2.48. The predicted molar refractivity (Wildman–Crippen MR) is 89.0 cm³/mol. The van der Waals surface area contributed by atoms with E-state index in [4.69, 9.17) is 9.78 Å². The standard InChI is InChI=1S/C19H28O3/c1-4-5-6-7-8-9-10-11-12-21-22-19(20)18-14-16(2)13-17(3)15-18/h12-15H,1,4-11H2,2-3H3. The van der Waals surface area contributed by atoms with Crippen molar-refractivity contribution in [2.45, 2.75) is 65.2 Å². The molecule has 122 valence electrons. The minimum atomic E-state index is -0.448.